The van der Waals surface area contributed by atoms with E-state index in [1.165, 1.54) is 25.1 Å². The Morgan fingerprint density at radius 2 is 2.00 bits per heavy atom. The number of morpholine rings is 1. The molecule has 1 saturated heterocycles. The van der Waals surface area contributed by atoms with Crippen LogP contribution in [0.15, 0.2) is 18.2 Å². The topological polar surface area (TPSA) is 67.4 Å². The minimum absolute atomic E-state index is 0.0948. The molecule has 2 heterocycles. The van der Waals surface area contributed by atoms with Crippen LogP contribution in [0.25, 0.3) is 10.9 Å². The lowest BCUT2D eigenvalue weighted by molar-refractivity contribution is -0.144. The van der Waals surface area contributed by atoms with Crippen LogP contribution in [0.1, 0.15) is 29.5 Å². The molecule has 1 aromatic heterocycles. The van der Waals surface area contributed by atoms with Crippen LogP contribution in [0.2, 0.25) is 0 Å². The summed E-state index contributed by atoms with van der Waals surface area (Å²) in [5.74, 6) is -1.27. The van der Waals surface area contributed by atoms with Crippen molar-refractivity contribution in [3.05, 3.63) is 29.6 Å². The summed E-state index contributed by atoms with van der Waals surface area (Å²) in [6.07, 6.45) is -3.89. The van der Waals surface area contributed by atoms with Gasteiger partial charge in [-0.25, -0.2) is 9.97 Å². The van der Waals surface area contributed by atoms with Crippen molar-refractivity contribution < 1.29 is 22.7 Å². The van der Waals surface area contributed by atoms with Crippen LogP contribution in [-0.4, -0.2) is 60.0 Å². The van der Waals surface area contributed by atoms with Crippen molar-refractivity contribution in [1.29, 1.82) is 0 Å². The van der Waals surface area contributed by atoms with Gasteiger partial charge in [0.2, 0.25) is 5.82 Å². The molecular formula is C18H21F3N4O2. The van der Waals surface area contributed by atoms with Gasteiger partial charge in [0.25, 0.3) is 0 Å². The summed E-state index contributed by atoms with van der Waals surface area (Å²) in [6.45, 7) is 5.81. The molecule has 1 fully saturated rings. The summed E-state index contributed by atoms with van der Waals surface area (Å²) >= 11 is 0. The number of nitrogens with zero attached hydrogens (tertiary/aromatic N) is 3. The van der Waals surface area contributed by atoms with Crippen LogP contribution in [0, 0.1) is 0 Å². The molecule has 0 atom stereocenters. The number of hydrogen-bond donors (Lipinski definition) is 1. The van der Waals surface area contributed by atoms with Crippen molar-refractivity contribution in [2.75, 3.05) is 44.7 Å². The summed E-state index contributed by atoms with van der Waals surface area (Å²) in [5.41, 5.74) is 0.556. The number of carbonyl (C=O) groups excluding carboxylic acids is 1. The lowest BCUT2D eigenvalue weighted by atomic mass is 10.1. The third-order valence-electron chi connectivity index (χ3n) is 4.40. The van der Waals surface area contributed by atoms with Crippen molar-refractivity contribution in [3.63, 3.8) is 0 Å². The van der Waals surface area contributed by atoms with E-state index in [0.29, 0.717) is 30.7 Å². The Hall–Kier alpha value is -2.26. The zero-order valence-electron chi connectivity index (χ0n) is 15.0. The van der Waals surface area contributed by atoms with Gasteiger partial charge in [-0.15, -0.1) is 0 Å². The normalized spacial score (nSPS) is 15.9. The van der Waals surface area contributed by atoms with E-state index in [4.69, 9.17) is 4.74 Å². The number of ketones is 1. The van der Waals surface area contributed by atoms with Gasteiger partial charge in [-0.3, -0.25) is 9.69 Å². The summed E-state index contributed by atoms with van der Waals surface area (Å²) < 4.78 is 44.6. The van der Waals surface area contributed by atoms with Crippen LogP contribution >= 0.6 is 0 Å². The monoisotopic (exact) mass is 382 g/mol. The molecule has 0 saturated carbocycles. The van der Waals surface area contributed by atoms with Crippen LogP contribution in [0.4, 0.5) is 19.0 Å². The smallest absolute Gasteiger partial charge is 0.379 e. The van der Waals surface area contributed by atoms with Crippen molar-refractivity contribution in [3.8, 4) is 0 Å². The van der Waals surface area contributed by atoms with Gasteiger partial charge in [0.05, 0.1) is 18.7 Å². The fourth-order valence-corrected chi connectivity index (χ4v) is 2.94. The van der Waals surface area contributed by atoms with Crippen molar-refractivity contribution >= 4 is 22.5 Å². The number of benzene rings is 1. The lowest BCUT2D eigenvalue weighted by Gasteiger charge is -2.26. The molecule has 0 bridgehead atoms. The van der Waals surface area contributed by atoms with Gasteiger partial charge < -0.3 is 10.1 Å². The number of alkyl halides is 3. The van der Waals surface area contributed by atoms with E-state index in [0.717, 1.165) is 26.1 Å². The van der Waals surface area contributed by atoms with E-state index < -0.39 is 12.0 Å². The Labute approximate surface area is 154 Å². The molecular weight excluding hydrogens is 361 g/mol. The molecule has 0 aliphatic carbocycles. The minimum atomic E-state index is -4.64. The first-order valence-corrected chi connectivity index (χ1v) is 8.78. The molecule has 0 unspecified atom stereocenters. The van der Waals surface area contributed by atoms with Crippen molar-refractivity contribution in [1.82, 2.24) is 14.9 Å². The Morgan fingerprint density at radius 1 is 1.26 bits per heavy atom. The molecule has 3 rings (SSSR count). The quantitative estimate of drug-likeness (QED) is 0.612. The molecule has 0 radical (unpaired) electrons. The largest absolute Gasteiger partial charge is 0.451 e. The summed E-state index contributed by atoms with van der Waals surface area (Å²) in [4.78, 5) is 21.1. The first-order chi connectivity index (χ1) is 12.8. The molecule has 146 valence electrons. The fourth-order valence-electron chi connectivity index (χ4n) is 2.94. The molecule has 9 heteroatoms. The maximum Gasteiger partial charge on any atom is 0.451 e. The minimum Gasteiger partial charge on any atom is -0.379 e. The third kappa shape index (κ3) is 4.92. The highest BCUT2D eigenvalue weighted by molar-refractivity contribution is 6.00. The molecule has 6 nitrogen and oxygen atoms in total. The molecule has 27 heavy (non-hydrogen) atoms. The zero-order chi connectivity index (χ0) is 19.4. The standard InChI is InChI=1S/C18H21F3N4O2/c1-12(26)13-3-4-15-14(11-13)16(24-17(23-15)18(19,20)21)22-5-2-6-25-7-9-27-10-8-25/h3-4,11H,2,5-10H2,1H3,(H,22,23,24). The number of fused-ring (bicyclic) bond motifs is 1. The van der Waals surface area contributed by atoms with Gasteiger partial charge in [-0.1, -0.05) is 0 Å². The second-order valence-corrected chi connectivity index (χ2v) is 6.42. The van der Waals surface area contributed by atoms with Gasteiger partial charge in [0.15, 0.2) is 5.78 Å². The van der Waals surface area contributed by atoms with Crippen molar-refractivity contribution in [2.45, 2.75) is 19.5 Å². The Bertz CT molecular complexity index is 820. The van der Waals surface area contributed by atoms with E-state index in [1.807, 2.05) is 0 Å². The number of halogens is 3. The third-order valence-corrected chi connectivity index (χ3v) is 4.40. The van der Waals surface area contributed by atoms with Crippen LogP contribution in [0.3, 0.4) is 0 Å². The van der Waals surface area contributed by atoms with Gasteiger partial charge in [-0.2, -0.15) is 13.2 Å². The van der Waals surface area contributed by atoms with E-state index in [-0.39, 0.29) is 17.1 Å². The predicted molar refractivity (Wildman–Crippen MR) is 94.9 cm³/mol. The predicted octanol–water partition coefficient (Wildman–Crippen LogP) is 2.99. The second-order valence-electron chi connectivity index (χ2n) is 6.42. The SMILES string of the molecule is CC(=O)c1ccc2nc(C(F)(F)F)nc(NCCCN3CCOCC3)c2c1. The number of nitrogens with one attached hydrogen (secondary N) is 1. The average Bonchev–Trinajstić information content (AvgIpc) is 2.64. The fraction of sp³-hybridized carbons (Fsp3) is 0.500. The number of anilines is 1. The number of aromatic nitrogens is 2. The summed E-state index contributed by atoms with van der Waals surface area (Å²) in [7, 11) is 0. The second kappa shape index (κ2) is 8.18. The Balaban J connectivity index is 1.79. The highest BCUT2D eigenvalue weighted by Gasteiger charge is 2.35. The lowest BCUT2D eigenvalue weighted by Crippen LogP contribution is -2.37. The number of Topliss-reactive ketones (excluding diaryl/α,β-unsaturated/α-hetero) is 1. The average molecular weight is 382 g/mol. The number of rotatable bonds is 6. The molecule has 2 aromatic rings. The molecule has 1 N–H and O–H groups in total. The van der Waals surface area contributed by atoms with E-state index >= 15 is 0 Å². The zero-order valence-corrected chi connectivity index (χ0v) is 15.0. The molecule has 1 aromatic carbocycles. The maximum atomic E-state index is 13.1. The molecule has 0 spiro atoms. The van der Waals surface area contributed by atoms with Crippen LogP contribution < -0.4 is 5.32 Å². The molecule has 0 amide bonds. The summed E-state index contributed by atoms with van der Waals surface area (Å²) in [5, 5.41) is 3.39. The highest BCUT2D eigenvalue weighted by atomic mass is 19.4. The van der Waals surface area contributed by atoms with Crippen LogP contribution in [0.5, 0.6) is 0 Å². The van der Waals surface area contributed by atoms with Crippen molar-refractivity contribution in [2.24, 2.45) is 0 Å². The van der Waals surface area contributed by atoms with E-state index in [9.17, 15) is 18.0 Å². The Kier molecular flexibility index (Phi) is 5.91. The summed E-state index contributed by atoms with van der Waals surface area (Å²) in [6, 6.07) is 4.42. The Morgan fingerprint density at radius 3 is 2.67 bits per heavy atom. The van der Waals surface area contributed by atoms with E-state index in [2.05, 4.69) is 20.2 Å². The van der Waals surface area contributed by atoms with Gasteiger partial charge >= 0.3 is 6.18 Å². The highest BCUT2D eigenvalue weighted by Crippen LogP contribution is 2.30. The number of carbonyl (C=O) groups is 1. The first kappa shape index (κ1) is 19.5. The van der Waals surface area contributed by atoms with E-state index in [1.54, 1.807) is 0 Å². The molecule has 1 aliphatic heterocycles. The van der Waals surface area contributed by atoms with Gasteiger partial charge in [0.1, 0.15) is 5.82 Å². The molecule has 1 aliphatic rings. The first-order valence-electron chi connectivity index (χ1n) is 8.78. The van der Waals surface area contributed by atoms with Crippen LogP contribution in [-0.2, 0) is 10.9 Å². The maximum absolute atomic E-state index is 13.1. The number of ether oxygens (including phenoxy) is 1. The number of hydrogen-bond acceptors (Lipinski definition) is 6. The van der Waals surface area contributed by atoms with Gasteiger partial charge in [0, 0.05) is 30.6 Å². The van der Waals surface area contributed by atoms with Gasteiger partial charge in [-0.05, 0) is 38.1 Å².